The maximum absolute atomic E-state index is 12.6. The number of fused-ring (bicyclic) bond motifs is 1. The molecule has 1 heterocycles. The van der Waals surface area contributed by atoms with E-state index >= 15 is 0 Å². The minimum absolute atomic E-state index is 0.204. The molecule has 0 fully saturated rings. The Morgan fingerprint density at radius 2 is 1.79 bits per heavy atom. The molecule has 1 aliphatic rings. The number of methoxy groups -OCH3 is 1. The summed E-state index contributed by atoms with van der Waals surface area (Å²) >= 11 is 0. The minimum atomic E-state index is -3.71. The maximum atomic E-state index is 12.6. The summed E-state index contributed by atoms with van der Waals surface area (Å²) in [6.45, 7) is 2.86. The molecule has 7 heteroatoms. The average molecular weight is 349 g/mol. The summed E-state index contributed by atoms with van der Waals surface area (Å²) in [5.74, 6) is 1.78. The summed E-state index contributed by atoms with van der Waals surface area (Å²) in [7, 11) is -2.17. The summed E-state index contributed by atoms with van der Waals surface area (Å²) in [6, 6.07) is 9.83. The van der Waals surface area contributed by atoms with Gasteiger partial charge in [-0.15, -0.1) is 0 Å². The monoisotopic (exact) mass is 349 g/mol. The van der Waals surface area contributed by atoms with E-state index in [-0.39, 0.29) is 4.90 Å². The molecule has 0 saturated carbocycles. The normalized spacial score (nSPS) is 13.9. The Kier molecular flexibility index (Phi) is 4.53. The highest BCUT2D eigenvalue weighted by atomic mass is 32.2. The zero-order valence-corrected chi connectivity index (χ0v) is 14.4. The van der Waals surface area contributed by atoms with E-state index in [0.29, 0.717) is 41.7 Å². The Morgan fingerprint density at radius 1 is 1.04 bits per heavy atom. The van der Waals surface area contributed by atoms with Gasteiger partial charge >= 0.3 is 0 Å². The predicted molar refractivity (Wildman–Crippen MR) is 90.6 cm³/mol. The zero-order valence-electron chi connectivity index (χ0n) is 13.5. The van der Waals surface area contributed by atoms with Crippen molar-refractivity contribution in [1.29, 1.82) is 0 Å². The van der Waals surface area contributed by atoms with Crippen molar-refractivity contribution in [2.45, 2.75) is 18.2 Å². The van der Waals surface area contributed by atoms with Crippen LogP contribution in [-0.4, -0.2) is 28.7 Å². The van der Waals surface area contributed by atoms with Gasteiger partial charge in [0, 0.05) is 12.5 Å². The standard InChI is InChI=1S/C17H19NO5S/c1-12-10-14(21-2)5-7-17(12)24(19,20)18-13-4-6-15-16(11-13)23-9-3-8-22-15/h4-7,10-11,18H,3,8-9H2,1-2H3. The van der Waals surface area contributed by atoms with Gasteiger partial charge in [-0.2, -0.15) is 0 Å². The van der Waals surface area contributed by atoms with Crippen LogP contribution in [0.25, 0.3) is 0 Å². The lowest BCUT2D eigenvalue weighted by molar-refractivity contribution is 0.297. The van der Waals surface area contributed by atoms with Crippen molar-refractivity contribution in [2.24, 2.45) is 0 Å². The summed E-state index contributed by atoms with van der Waals surface area (Å²) in [5, 5.41) is 0. The fourth-order valence-electron chi connectivity index (χ4n) is 2.49. The number of nitrogens with one attached hydrogen (secondary N) is 1. The van der Waals surface area contributed by atoms with Crippen molar-refractivity contribution in [3.05, 3.63) is 42.0 Å². The lowest BCUT2D eigenvalue weighted by atomic mass is 10.2. The van der Waals surface area contributed by atoms with E-state index in [4.69, 9.17) is 14.2 Å². The highest BCUT2D eigenvalue weighted by molar-refractivity contribution is 7.92. The maximum Gasteiger partial charge on any atom is 0.262 e. The van der Waals surface area contributed by atoms with Crippen LogP contribution >= 0.6 is 0 Å². The molecule has 1 aliphatic heterocycles. The third-order valence-corrected chi connectivity index (χ3v) is 5.21. The first-order valence-electron chi connectivity index (χ1n) is 7.57. The highest BCUT2D eigenvalue weighted by Crippen LogP contribution is 2.33. The molecule has 0 saturated heterocycles. The van der Waals surface area contributed by atoms with Gasteiger partial charge in [-0.05, 0) is 42.8 Å². The van der Waals surface area contributed by atoms with Gasteiger partial charge < -0.3 is 14.2 Å². The summed E-state index contributed by atoms with van der Waals surface area (Å²) in [4.78, 5) is 0.204. The molecule has 0 spiro atoms. The summed E-state index contributed by atoms with van der Waals surface area (Å²) < 4.78 is 44.1. The molecule has 0 aromatic heterocycles. The van der Waals surface area contributed by atoms with Crippen LogP contribution in [0.5, 0.6) is 17.2 Å². The molecule has 128 valence electrons. The molecule has 2 aromatic carbocycles. The topological polar surface area (TPSA) is 73.9 Å². The number of aryl methyl sites for hydroxylation is 1. The van der Waals surface area contributed by atoms with Crippen molar-refractivity contribution in [3.63, 3.8) is 0 Å². The number of benzene rings is 2. The first-order chi connectivity index (χ1) is 11.5. The number of sulfonamides is 1. The molecule has 0 unspecified atom stereocenters. The Bertz CT molecular complexity index is 848. The molecule has 24 heavy (non-hydrogen) atoms. The lowest BCUT2D eigenvalue weighted by Gasteiger charge is -2.13. The van der Waals surface area contributed by atoms with Crippen molar-refractivity contribution >= 4 is 15.7 Å². The van der Waals surface area contributed by atoms with E-state index in [9.17, 15) is 8.42 Å². The van der Waals surface area contributed by atoms with E-state index in [0.717, 1.165) is 6.42 Å². The van der Waals surface area contributed by atoms with E-state index in [1.807, 2.05) is 0 Å². The zero-order chi connectivity index (χ0) is 17.2. The Balaban J connectivity index is 1.88. The SMILES string of the molecule is COc1ccc(S(=O)(=O)Nc2ccc3c(c2)OCCCO3)c(C)c1. The largest absolute Gasteiger partial charge is 0.497 e. The first-order valence-corrected chi connectivity index (χ1v) is 9.05. The van der Waals surface area contributed by atoms with E-state index in [1.54, 1.807) is 44.4 Å². The van der Waals surface area contributed by atoms with Gasteiger partial charge in [0.2, 0.25) is 0 Å². The highest BCUT2D eigenvalue weighted by Gasteiger charge is 2.19. The van der Waals surface area contributed by atoms with E-state index in [1.165, 1.54) is 6.07 Å². The molecule has 2 aromatic rings. The Labute approximate surface area is 141 Å². The van der Waals surface area contributed by atoms with Crippen LogP contribution in [0.3, 0.4) is 0 Å². The number of ether oxygens (including phenoxy) is 3. The fraction of sp³-hybridized carbons (Fsp3) is 0.294. The first kappa shape index (κ1) is 16.4. The van der Waals surface area contributed by atoms with Gasteiger partial charge in [0.1, 0.15) is 5.75 Å². The molecule has 0 atom stereocenters. The lowest BCUT2D eigenvalue weighted by Crippen LogP contribution is -2.14. The molecule has 6 nitrogen and oxygen atoms in total. The van der Waals surface area contributed by atoms with Crippen LogP contribution < -0.4 is 18.9 Å². The molecular formula is C17H19NO5S. The Hall–Kier alpha value is -2.41. The van der Waals surface area contributed by atoms with Crippen molar-refractivity contribution in [3.8, 4) is 17.2 Å². The second-order valence-corrected chi connectivity index (χ2v) is 7.10. The van der Waals surface area contributed by atoms with Gasteiger partial charge in [-0.1, -0.05) is 0 Å². The molecule has 0 amide bonds. The van der Waals surface area contributed by atoms with Gasteiger partial charge in [0.05, 0.1) is 30.9 Å². The van der Waals surface area contributed by atoms with Gasteiger partial charge in [0.15, 0.2) is 11.5 Å². The molecule has 1 N–H and O–H groups in total. The number of rotatable bonds is 4. The van der Waals surface area contributed by atoms with Crippen LogP contribution in [0.15, 0.2) is 41.3 Å². The molecule has 0 bridgehead atoms. The third kappa shape index (κ3) is 3.41. The molecule has 3 rings (SSSR count). The summed E-state index contributed by atoms with van der Waals surface area (Å²) in [6.07, 6.45) is 0.792. The predicted octanol–water partition coefficient (Wildman–Crippen LogP) is 2.97. The van der Waals surface area contributed by atoms with Gasteiger partial charge in [0.25, 0.3) is 10.0 Å². The molecule has 0 aliphatic carbocycles. The van der Waals surface area contributed by atoms with Crippen LogP contribution in [0.1, 0.15) is 12.0 Å². The van der Waals surface area contributed by atoms with Gasteiger partial charge in [-0.25, -0.2) is 8.42 Å². The van der Waals surface area contributed by atoms with Crippen LogP contribution in [0, 0.1) is 6.92 Å². The van der Waals surface area contributed by atoms with Crippen LogP contribution in [0.4, 0.5) is 5.69 Å². The molecular weight excluding hydrogens is 330 g/mol. The number of anilines is 1. The Morgan fingerprint density at radius 3 is 2.50 bits per heavy atom. The van der Waals surface area contributed by atoms with Crippen LogP contribution in [-0.2, 0) is 10.0 Å². The second-order valence-electron chi connectivity index (χ2n) is 5.45. The van der Waals surface area contributed by atoms with Crippen molar-refractivity contribution in [2.75, 3.05) is 25.0 Å². The van der Waals surface area contributed by atoms with Gasteiger partial charge in [-0.3, -0.25) is 4.72 Å². The van der Waals surface area contributed by atoms with Crippen molar-refractivity contribution < 1.29 is 22.6 Å². The quantitative estimate of drug-likeness (QED) is 0.919. The van der Waals surface area contributed by atoms with Crippen molar-refractivity contribution in [1.82, 2.24) is 0 Å². The average Bonchev–Trinajstić information content (AvgIpc) is 2.78. The van der Waals surface area contributed by atoms with Crippen LogP contribution in [0.2, 0.25) is 0 Å². The second kappa shape index (κ2) is 6.60. The minimum Gasteiger partial charge on any atom is -0.497 e. The number of hydrogen-bond acceptors (Lipinski definition) is 5. The fourth-order valence-corrected chi connectivity index (χ4v) is 3.76. The van der Waals surface area contributed by atoms with E-state index in [2.05, 4.69) is 4.72 Å². The smallest absolute Gasteiger partial charge is 0.262 e. The third-order valence-electron chi connectivity index (χ3n) is 3.67. The van der Waals surface area contributed by atoms with E-state index < -0.39 is 10.0 Å². The summed E-state index contributed by atoms with van der Waals surface area (Å²) in [5.41, 5.74) is 1.03. The molecule has 0 radical (unpaired) electrons. The number of hydrogen-bond donors (Lipinski definition) is 1.